The molecule has 0 bridgehead atoms. The van der Waals surface area contributed by atoms with Gasteiger partial charge in [-0.25, -0.2) is 16.8 Å². The van der Waals surface area contributed by atoms with Crippen LogP contribution in [0.2, 0.25) is 10.0 Å². The lowest BCUT2D eigenvalue weighted by Crippen LogP contribution is -2.17. The first kappa shape index (κ1) is 25.1. The Hall–Kier alpha value is -2.98. The van der Waals surface area contributed by atoms with Crippen LogP contribution in [0, 0.1) is 13.8 Å². The van der Waals surface area contributed by atoms with Crippen LogP contribution in [0.3, 0.4) is 0 Å². The number of halogens is 2. The van der Waals surface area contributed by atoms with Crippen LogP contribution < -0.4 is 9.44 Å². The van der Waals surface area contributed by atoms with Gasteiger partial charge < -0.3 is 5.11 Å². The van der Waals surface area contributed by atoms with Gasteiger partial charge in [-0.05, 0) is 78.9 Å². The van der Waals surface area contributed by atoms with Gasteiger partial charge in [-0.2, -0.15) is 0 Å². The van der Waals surface area contributed by atoms with Crippen molar-refractivity contribution >= 4 is 65.4 Å². The Balaban J connectivity index is 1.88. The molecule has 35 heavy (non-hydrogen) atoms. The molecule has 4 rings (SSSR count). The summed E-state index contributed by atoms with van der Waals surface area (Å²) in [4.78, 5) is -0.605. The third-order valence-electron chi connectivity index (χ3n) is 5.50. The van der Waals surface area contributed by atoms with Gasteiger partial charge in [0, 0.05) is 15.4 Å². The van der Waals surface area contributed by atoms with Crippen molar-refractivity contribution in [3.63, 3.8) is 0 Å². The number of phenols is 1. The number of nitrogens with one attached hydrogen (secondary N) is 2. The molecule has 0 aliphatic rings. The van der Waals surface area contributed by atoms with Crippen LogP contribution in [0.25, 0.3) is 10.8 Å². The lowest BCUT2D eigenvalue weighted by Gasteiger charge is -2.16. The lowest BCUT2D eigenvalue weighted by molar-refractivity contribution is 0.476. The van der Waals surface area contributed by atoms with Crippen LogP contribution in [-0.4, -0.2) is 21.9 Å². The Bertz CT molecular complexity index is 1690. The second kappa shape index (κ2) is 9.23. The van der Waals surface area contributed by atoms with E-state index < -0.39 is 20.0 Å². The lowest BCUT2D eigenvalue weighted by atomic mass is 10.1. The van der Waals surface area contributed by atoms with E-state index in [4.69, 9.17) is 23.2 Å². The van der Waals surface area contributed by atoms with Gasteiger partial charge in [-0.1, -0.05) is 41.4 Å². The summed E-state index contributed by atoms with van der Waals surface area (Å²) in [7, 11) is -8.51. The quantitative estimate of drug-likeness (QED) is 0.269. The van der Waals surface area contributed by atoms with Gasteiger partial charge in [0.25, 0.3) is 20.0 Å². The average Bonchev–Trinajstić information content (AvgIpc) is 2.79. The van der Waals surface area contributed by atoms with E-state index in [-0.39, 0.29) is 32.3 Å². The molecule has 0 saturated heterocycles. The summed E-state index contributed by atoms with van der Waals surface area (Å²) < 4.78 is 58.4. The number of sulfonamides is 2. The highest BCUT2D eigenvalue weighted by atomic mass is 35.5. The van der Waals surface area contributed by atoms with E-state index in [1.807, 2.05) is 0 Å². The first-order valence-corrected chi connectivity index (χ1v) is 13.9. The van der Waals surface area contributed by atoms with Gasteiger partial charge in [0.1, 0.15) is 5.75 Å². The van der Waals surface area contributed by atoms with Crippen LogP contribution in [0.1, 0.15) is 11.1 Å². The van der Waals surface area contributed by atoms with Crippen LogP contribution >= 0.6 is 23.2 Å². The molecule has 0 saturated carbocycles. The number of rotatable bonds is 6. The molecule has 0 spiro atoms. The van der Waals surface area contributed by atoms with E-state index in [1.165, 1.54) is 24.3 Å². The Kier molecular flexibility index (Phi) is 6.63. The summed E-state index contributed by atoms with van der Waals surface area (Å²) in [5.74, 6) is -0.170. The Morgan fingerprint density at radius 3 is 1.83 bits per heavy atom. The van der Waals surface area contributed by atoms with E-state index >= 15 is 0 Å². The van der Waals surface area contributed by atoms with Gasteiger partial charge >= 0.3 is 0 Å². The summed E-state index contributed by atoms with van der Waals surface area (Å²) in [6.45, 7) is 3.32. The molecule has 4 aromatic rings. The van der Waals surface area contributed by atoms with E-state index in [1.54, 1.807) is 50.2 Å². The standard InChI is InChI=1S/C24H20Cl2N2O5S2/c1-14-20(25)5-3-7-22(14)27-34(30,31)18-11-16-9-10-17(29)12-19(16)24(13-18)35(32,33)28-23-8-4-6-21(26)15(23)2/h3-13,27-29H,1-2H3. The highest BCUT2D eigenvalue weighted by molar-refractivity contribution is 7.93. The van der Waals surface area contributed by atoms with E-state index in [2.05, 4.69) is 9.44 Å². The molecule has 0 radical (unpaired) electrons. The molecule has 11 heteroatoms. The molecule has 0 atom stereocenters. The number of hydrogen-bond acceptors (Lipinski definition) is 5. The van der Waals surface area contributed by atoms with Crippen LogP contribution in [-0.2, 0) is 20.0 Å². The van der Waals surface area contributed by atoms with Gasteiger partial charge in [-0.3, -0.25) is 9.44 Å². The maximum absolute atomic E-state index is 13.5. The van der Waals surface area contributed by atoms with Crippen molar-refractivity contribution in [1.82, 2.24) is 0 Å². The Labute approximate surface area is 213 Å². The average molecular weight is 551 g/mol. The molecule has 3 N–H and O–H groups in total. The third-order valence-corrected chi connectivity index (χ3v) is 9.07. The zero-order valence-corrected chi connectivity index (χ0v) is 21.6. The van der Waals surface area contributed by atoms with E-state index in [0.717, 1.165) is 6.07 Å². The zero-order chi connectivity index (χ0) is 25.5. The fourth-order valence-electron chi connectivity index (χ4n) is 3.50. The van der Waals surface area contributed by atoms with Crippen molar-refractivity contribution in [3.8, 4) is 5.75 Å². The molecule has 0 unspecified atom stereocenters. The predicted molar refractivity (Wildman–Crippen MR) is 140 cm³/mol. The van der Waals surface area contributed by atoms with Crippen molar-refractivity contribution in [3.05, 3.63) is 87.9 Å². The smallest absolute Gasteiger partial charge is 0.262 e. The summed E-state index contributed by atoms with van der Waals surface area (Å²) in [6.07, 6.45) is 0. The predicted octanol–water partition coefficient (Wildman–Crippen LogP) is 6.07. The molecule has 0 amide bonds. The zero-order valence-electron chi connectivity index (χ0n) is 18.5. The molecule has 0 fully saturated rings. The highest BCUT2D eigenvalue weighted by Crippen LogP contribution is 2.33. The molecule has 0 aromatic heterocycles. The summed E-state index contributed by atoms with van der Waals surface area (Å²) in [5, 5.41) is 11.2. The topological polar surface area (TPSA) is 113 Å². The fourth-order valence-corrected chi connectivity index (χ4v) is 6.48. The number of phenolic OH excluding ortho intramolecular Hbond substituents is 1. The second-order valence-electron chi connectivity index (χ2n) is 7.86. The molecule has 7 nitrogen and oxygen atoms in total. The van der Waals surface area contributed by atoms with Crippen molar-refractivity contribution in [2.45, 2.75) is 23.6 Å². The Morgan fingerprint density at radius 2 is 1.26 bits per heavy atom. The van der Waals surface area contributed by atoms with E-state index in [9.17, 15) is 21.9 Å². The van der Waals surface area contributed by atoms with Crippen LogP contribution in [0.15, 0.2) is 76.5 Å². The molecular weight excluding hydrogens is 531 g/mol. The highest BCUT2D eigenvalue weighted by Gasteiger charge is 2.25. The molecule has 182 valence electrons. The third kappa shape index (κ3) is 5.04. The van der Waals surface area contributed by atoms with Gasteiger partial charge in [0.2, 0.25) is 0 Å². The summed E-state index contributed by atoms with van der Waals surface area (Å²) >= 11 is 12.2. The summed E-state index contributed by atoms with van der Waals surface area (Å²) in [5.41, 5.74) is 1.54. The number of benzene rings is 4. The number of hydrogen-bond donors (Lipinski definition) is 3. The molecular formula is C24H20Cl2N2O5S2. The minimum Gasteiger partial charge on any atom is -0.508 e. The van der Waals surface area contributed by atoms with Crippen molar-refractivity contribution in [2.75, 3.05) is 9.44 Å². The second-order valence-corrected chi connectivity index (χ2v) is 12.0. The van der Waals surface area contributed by atoms with Gasteiger partial charge in [-0.15, -0.1) is 0 Å². The Morgan fingerprint density at radius 1 is 0.714 bits per heavy atom. The number of anilines is 2. The van der Waals surface area contributed by atoms with Crippen LogP contribution in [0.4, 0.5) is 11.4 Å². The maximum Gasteiger partial charge on any atom is 0.262 e. The monoisotopic (exact) mass is 550 g/mol. The number of fused-ring (bicyclic) bond motifs is 1. The number of aromatic hydroxyl groups is 1. The SMILES string of the molecule is Cc1c(Cl)cccc1NS(=O)(=O)c1cc(S(=O)(=O)Nc2cccc(Cl)c2C)c2cc(O)ccc2c1. The molecule has 0 heterocycles. The first-order chi connectivity index (χ1) is 16.4. The van der Waals surface area contributed by atoms with Crippen molar-refractivity contribution < 1.29 is 21.9 Å². The maximum atomic E-state index is 13.5. The molecule has 0 aliphatic heterocycles. The largest absolute Gasteiger partial charge is 0.508 e. The minimum absolute atomic E-state index is 0.148. The van der Waals surface area contributed by atoms with Crippen molar-refractivity contribution in [2.24, 2.45) is 0 Å². The van der Waals surface area contributed by atoms with E-state index in [0.29, 0.717) is 26.6 Å². The normalized spacial score (nSPS) is 12.0. The molecule has 0 aliphatic carbocycles. The first-order valence-electron chi connectivity index (χ1n) is 10.2. The van der Waals surface area contributed by atoms with Crippen LogP contribution in [0.5, 0.6) is 5.75 Å². The molecule has 4 aromatic carbocycles. The van der Waals surface area contributed by atoms with Gasteiger partial charge in [0.15, 0.2) is 0 Å². The fraction of sp³-hybridized carbons (Fsp3) is 0.0833. The summed E-state index contributed by atoms with van der Waals surface area (Å²) in [6, 6.07) is 16.0. The van der Waals surface area contributed by atoms with Gasteiger partial charge in [0.05, 0.1) is 21.2 Å². The van der Waals surface area contributed by atoms with Crippen molar-refractivity contribution in [1.29, 1.82) is 0 Å². The minimum atomic E-state index is -4.30.